The fourth-order valence-corrected chi connectivity index (χ4v) is 1.09. The topological polar surface area (TPSA) is 55.1 Å². The second-order valence-electron chi connectivity index (χ2n) is 3.07. The van der Waals surface area contributed by atoms with E-state index in [9.17, 15) is 4.79 Å². The van der Waals surface area contributed by atoms with E-state index in [1.807, 2.05) is 6.08 Å². The van der Waals surface area contributed by atoms with Gasteiger partial charge in [0.2, 0.25) is 0 Å². The summed E-state index contributed by atoms with van der Waals surface area (Å²) in [6.07, 6.45) is 7.34. The molecule has 0 spiro atoms. The van der Waals surface area contributed by atoms with Gasteiger partial charge in [-0.2, -0.15) is 0 Å². The summed E-state index contributed by atoms with van der Waals surface area (Å²) < 4.78 is 0. The normalized spacial score (nSPS) is 21.8. The van der Waals surface area contributed by atoms with Crippen LogP contribution in [0.5, 0.6) is 0 Å². The van der Waals surface area contributed by atoms with E-state index in [1.54, 1.807) is 0 Å². The SMILES string of the molecule is CC1C=CC(CNC(N)=O)=CC1. The summed E-state index contributed by atoms with van der Waals surface area (Å²) in [5.74, 6) is 0.613. The number of carbonyl (C=O) groups excluding carboxylic acids is 1. The minimum Gasteiger partial charge on any atom is -0.352 e. The zero-order valence-electron chi connectivity index (χ0n) is 7.21. The van der Waals surface area contributed by atoms with E-state index in [0.29, 0.717) is 12.5 Å². The van der Waals surface area contributed by atoms with Crippen LogP contribution in [0.1, 0.15) is 13.3 Å². The number of primary amides is 1. The predicted molar refractivity (Wildman–Crippen MR) is 48.6 cm³/mol. The molecule has 3 heteroatoms. The summed E-state index contributed by atoms with van der Waals surface area (Å²) in [5.41, 5.74) is 6.07. The van der Waals surface area contributed by atoms with Gasteiger partial charge in [0.25, 0.3) is 0 Å². The number of urea groups is 1. The first-order valence-corrected chi connectivity index (χ1v) is 4.09. The van der Waals surface area contributed by atoms with Crippen molar-refractivity contribution in [2.24, 2.45) is 11.7 Å². The molecule has 1 aliphatic carbocycles. The molecule has 0 saturated carbocycles. The van der Waals surface area contributed by atoms with Crippen molar-refractivity contribution in [3.8, 4) is 0 Å². The standard InChI is InChI=1S/C9H14N2O/c1-7-2-4-8(5-3-7)6-11-9(10)12/h2,4-5,7H,3,6H2,1H3,(H3,10,11,12). The Morgan fingerprint density at radius 1 is 1.83 bits per heavy atom. The lowest BCUT2D eigenvalue weighted by Gasteiger charge is -2.11. The molecule has 0 radical (unpaired) electrons. The summed E-state index contributed by atoms with van der Waals surface area (Å²) in [6, 6.07) is -0.470. The second kappa shape index (κ2) is 3.95. The number of carbonyl (C=O) groups is 1. The molecule has 3 nitrogen and oxygen atoms in total. The van der Waals surface area contributed by atoms with Crippen LogP contribution >= 0.6 is 0 Å². The summed E-state index contributed by atoms with van der Waals surface area (Å²) in [4.78, 5) is 10.4. The van der Waals surface area contributed by atoms with Crippen LogP contribution in [0.4, 0.5) is 4.79 Å². The average molecular weight is 166 g/mol. The summed E-state index contributed by atoms with van der Waals surface area (Å²) in [7, 11) is 0. The van der Waals surface area contributed by atoms with Crippen LogP contribution in [0.3, 0.4) is 0 Å². The minimum absolute atomic E-state index is 0.470. The van der Waals surface area contributed by atoms with Crippen molar-refractivity contribution >= 4 is 6.03 Å². The third-order valence-corrected chi connectivity index (χ3v) is 1.86. The van der Waals surface area contributed by atoms with Crippen molar-refractivity contribution in [1.29, 1.82) is 0 Å². The molecule has 1 aliphatic rings. The molecule has 0 aromatic rings. The minimum atomic E-state index is -0.470. The highest BCUT2D eigenvalue weighted by atomic mass is 16.2. The summed E-state index contributed by atoms with van der Waals surface area (Å²) in [6.45, 7) is 2.70. The Labute approximate surface area is 72.3 Å². The van der Waals surface area contributed by atoms with Crippen molar-refractivity contribution in [3.05, 3.63) is 23.8 Å². The van der Waals surface area contributed by atoms with Crippen LogP contribution in [-0.4, -0.2) is 12.6 Å². The molecule has 0 aromatic carbocycles. The van der Waals surface area contributed by atoms with Crippen molar-refractivity contribution in [2.45, 2.75) is 13.3 Å². The van der Waals surface area contributed by atoms with E-state index in [0.717, 1.165) is 12.0 Å². The maximum absolute atomic E-state index is 10.4. The lowest BCUT2D eigenvalue weighted by Crippen LogP contribution is -2.30. The molecule has 1 rings (SSSR count). The van der Waals surface area contributed by atoms with Crippen LogP contribution in [-0.2, 0) is 0 Å². The molecule has 0 aliphatic heterocycles. The largest absolute Gasteiger partial charge is 0.352 e. The van der Waals surface area contributed by atoms with Crippen LogP contribution in [0, 0.1) is 5.92 Å². The molecule has 0 fully saturated rings. The molecular weight excluding hydrogens is 152 g/mol. The van der Waals surface area contributed by atoms with Crippen LogP contribution in [0.25, 0.3) is 0 Å². The number of hydrogen-bond donors (Lipinski definition) is 2. The Balaban J connectivity index is 2.35. The molecule has 2 amide bonds. The van der Waals surface area contributed by atoms with E-state index in [4.69, 9.17) is 5.73 Å². The zero-order valence-corrected chi connectivity index (χ0v) is 7.21. The van der Waals surface area contributed by atoms with E-state index in [2.05, 4.69) is 24.4 Å². The van der Waals surface area contributed by atoms with Crippen LogP contribution < -0.4 is 11.1 Å². The number of hydrogen-bond acceptors (Lipinski definition) is 1. The molecular formula is C9H14N2O. The average Bonchev–Trinajstić information content (AvgIpc) is 2.03. The first kappa shape index (κ1) is 8.84. The molecule has 0 saturated heterocycles. The molecule has 1 atom stereocenters. The Morgan fingerprint density at radius 3 is 3.08 bits per heavy atom. The van der Waals surface area contributed by atoms with Crippen molar-refractivity contribution < 1.29 is 4.79 Å². The third kappa shape index (κ3) is 2.78. The van der Waals surface area contributed by atoms with Gasteiger partial charge >= 0.3 is 6.03 Å². The lowest BCUT2D eigenvalue weighted by molar-refractivity contribution is 0.249. The van der Waals surface area contributed by atoms with Gasteiger partial charge in [0, 0.05) is 6.54 Å². The maximum Gasteiger partial charge on any atom is 0.312 e. The van der Waals surface area contributed by atoms with Gasteiger partial charge in [0.1, 0.15) is 0 Å². The highest BCUT2D eigenvalue weighted by molar-refractivity contribution is 5.72. The monoisotopic (exact) mass is 166 g/mol. The first-order chi connectivity index (χ1) is 5.68. The summed E-state index contributed by atoms with van der Waals surface area (Å²) in [5, 5.41) is 2.55. The van der Waals surface area contributed by atoms with Gasteiger partial charge in [-0.15, -0.1) is 0 Å². The van der Waals surface area contributed by atoms with Crippen molar-refractivity contribution in [1.82, 2.24) is 5.32 Å². The fraction of sp³-hybridized carbons (Fsp3) is 0.444. The van der Waals surface area contributed by atoms with E-state index in [1.165, 1.54) is 0 Å². The molecule has 66 valence electrons. The molecule has 0 aromatic heterocycles. The Hall–Kier alpha value is -1.25. The molecule has 3 N–H and O–H groups in total. The first-order valence-electron chi connectivity index (χ1n) is 4.09. The Bertz CT molecular complexity index is 231. The van der Waals surface area contributed by atoms with Gasteiger partial charge in [-0.1, -0.05) is 25.2 Å². The van der Waals surface area contributed by atoms with Gasteiger partial charge in [0.15, 0.2) is 0 Å². The van der Waals surface area contributed by atoms with Crippen molar-refractivity contribution in [2.75, 3.05) is 6.54 Å². The Morgan fingerprint density at radius 2 is 2.58 bits per heavy atom. The van der Waals surface area contributed by atoms with E-state index >= 15 is 0 Å². The predicted octanol–water partition coefficient (Wildman–Crippen LogP) is 1.18. The smallest absolute Gasteiger partial charge is 0.312 e. The molecule has 0 heterocycles. The number of nitrogens with one attached hydrogen (secondary N) is 1. The molecule has 0 bridgehead atoms. The van der Waals surface area contributed by atoms with Crippen LogP contribution in [0.15, 0.2) is 23.8 Å². The number of rotatable bonds is 2. The number of allylic oxidation sites excluding steroid dienone is 2. The molecule has 1 unspecified atom stereocenters. The Kier molecular flexibility index (Phi) is 2.91. The van der Waals surface area contributed by atoms with Gasteiger partial charge in [-0.3, -0.25) is 0 Å². The fourth-order valence-electron chi connectivity index (χ4n) is 1.09. The van der Waals surface area contributed by atoms with Gasteiger partial charge < -0.3 is 11.1 Å². The van der Waals surface area contributed by atoms with Gasteiger partial charge in [-0.05, 0) is 17.9 Å². The van der Waals surface area contributed by atoms with Crippen molar-refractivity contribution in [3.63, 3.8) is 0 Å². The highest BCUT2D eigenvalue weighted by Gasteiger charge is 2.03. The molecule has 12 heavy (non-hydrogen) atoms. The van der Waals surface area contributed by atoms with E-state index in [-0.39, 0.29) is 0 Å². The zero-order chi connectivity index (χ0) is 8.97. The highest BCUT2D eigenvalue weighted by Crippen LogP contribution is 2.14. The lowest BCUT2D eigenvalue weighted by atomic mass is 9.99. The summed E-state index contributed by atoms with van der Waals surface area (Å²) >= 11 is 0. The maximum atomic E-state index is 10.4. The third-order valence-electron chi connectivity index (χ3n) is 1.86. The van der Waals surface area contributed by atoms with Gasteiger partial charge in [-0.25, -0.2) is 4.79 Å². The van der Waals surface area contributed by atoms with E-state index < -0.39 is 6.03 Å². The quantitative estimate of drug-likeness (QED) is 0.635. The number of nitrogens with two attached hydrogens (primary N) is 1. The second-order valence-corrected chi connectivity index (χ2v) is 3.07. The number of amides is 2. The van der Waals surface area contributed by atoms with Crippen LogP contribution in [0.2, 0.25) is 0 Å². The van der Waals surface area contributed by atoms with Gasteiger partial charge in [0.05, 0.1) is 0 Å².